The summed E-state index contributed by atoms with van der Waals surface area (Å²) in [6.07, 6.45) is 3.48. The molecule has 1 aromatic rings. The van der Waals surface area contributed by atoms with E-state index >= 15 is 0 Å². The van der Waals surface area contributed by atoms with Crippen molar-refractivity contribution >= 4 is 23.3 Å². The number of hydrogen-bond donors (Lipinski definition) is 1. The number of likely N-dealkylation sites (tertiary alicyclic amines) is 1. The third-order valence-electron chi connectivity index (χ3n) is 4.14. The highest BCUT2D eigenvalue weighted by Gasteiger charge is 2.24. The van der Waals surface area contributed by atoms with Crippen LogP contribution in [0.4, 0.5) is 5.82 Å². The number of piperidine rings is 1. The number of aliphatic hydroxyl groups is 1. The lowest BCUT2D eigenvalue weighted by molar-refractivity contribution is 0.0473. The summed E-state index contributed by atoms with van der Waals surface area (Å²) in [5.41, 5.74) is 0.561. The lowest BCUT2D eigenvalue weighted by Crippen LogP contribution is -2.42. The summed E-state index contributed by atoms with van der Waals surface area (Å²) in [6, 6.07) is 3.44. The molecule has 21 heavy (non-hydrogen) atoms. The van der Waals surface area contributed by atoms with Gasteiger partial charge in [0.2, 0.25) is 0 Å². The molecule has 0 spiro atoms. The molecule has 0 saturated carbocycles. The first-order chi connectivity index (χ1) is 10.1. The third kappa shape index (κ3) is 3.30. The summed E-state index contributed by atoms with van der Waals surface area (Å²) in [5, 5.41) is 10.1. The summed E-state index contributed by atoms with van der Waals surface area (Å²) in [7, 11) is 0. The fourth-order valence-corrected chi connectivity index (χ4v) is 3.24. The van der Waals surface area contributed by atoms with Crippen molar-refractivity contribution in [1.82, 2.24) is 9.88 Å². The predicted molar refractivity (Wildman–Crippen MR) is 81.8 cm³/mol. The van der Waals surface area contributed by atoms with E-state index in [1.54, 1.807) is 11.0 Å². The van der Waals surface area contributed by atoms with Crippen LogP contribution in [0.2, 0.25) is 5.15 Å². The fourth-order valence-electron chi connectivity index (χ4n) is 3.04. The van der Waals surface area contributed by atoms with Gasteiger partial charge in [0.15, 0.2) is 0 Å². The van der Waals surface area contributed by atoms with Gasteiger partial charge in [0.25, 0.3) is 5.91 Å². The molecule has 1 aromatic heterocycles. The number of aromatic nitrogens is 1. The van der Waals surface area contributed by atoms with Gasteiger partial charge in [-0.1, -0.05) is 11.6 Å². The van der Waals surface area contributed by atoms with Crippen molar-refractivity contribution in [2.24, 2.45) is 0 Å². The molecule has 6 heteroatoms. The Morgan fingerprint density at radius 1 is 1.24 bits per heavy atom. The molecule has 5 nitrogen and oxygen atoms in total. The van der Waals surface area contributed by atoms with Crippen molar-refractivity contribution in [3.05, 3.63) is 22.8 Å². The molecule has 0 bridgehead atoms. The summed E-state index contributed by atoms with van der Waals surface area (Å²) in [4.78, 5) is 20.8. The van der Waals surface area contributed by atoms with Crippen LogP contribution in [0.3, 0.4) is 0 Å². The minimum absolute atomic E-state index is 0.0708. The first-order valence-electron chi connectivity index (χ1n) is 7.53. The largest absolute Gasteiger partial charge is 0.391 e. The number of carbonyl (C=O) groups is 1. The average Bonchev–Trinajstić information content (AvgIpc) is 3.00. The van der Waals surface area contributed by atoms with E-state index in [-0.39, 0.29) is 5.91 Å². The first kappa shape index (κ1) is 14.6. The van der Waals surface area contributed by atoms with Crippen LogP contribution in [0.15, 0.2) is 12.1 Å². The number of β-amino-alcohol motifs (C(OH)–C–C–N with tert-alkyl or cyclic N) is 1. The number of amides is 1. The molecule has 1 atom stereocenters. The van der Waals surface area contributed by atoms with Crippen molar-refractivity contribution in [3.8, 4) is 0 Å². The molecule has 2 aliphatic rings. The van der Waals surface area contributed by atoms with Crippen molar-refractivity contribution in [1.29, 1.82) is 0 Å². The first-order valence-corrected chi connectivity index (χ1v) is 7.91. The monoisotopic (exact) mass is 309 g/mol. The average molecular weight is 310 g/mol. The number of nitrogens with zero attached hydrogens (tertiary/aromatic N) is 3. The van der Waals surface area contributed by atoms with Gasteiger partial charge in [-0.2, -0.15) is 0 Å². The van der Waals surface area contributed by atoms with E-state index in [2.05, 4.69) is 9.88 Å². The minimum atomic E-state index is -0.418. The molecular formula is C15H20ClN3O2. The molecule has 3 heterocycles. The van der Waals surface area contributed by atoms with E-state index in [9.17, 15) is 9.90 Å². The van der Waals surface area contributed by atoms with E-state index < -0.39 is 6.10 Å². The number of anilines is 1. The van der Waals surface area contributed by atoms with Crippen LogP contribution in [0, 0.1) is 0 Å². The summed E-state index contributed by atoms with van der Waals surface area (Å²) in [6.45, 7) is 3.01. The van der Waals surface area contributed by atoms with E-state index in [1.807, 2.05) is 6.07 Å². The Kier molecular flexibility index (Phi) is 4.31. The number of pyridine rings is 1. The van der Waals surface area contributed by atoms with Crippen LogP contribution < -0.4 is 4.90 Å². The highest BCUT2D eigenvalue weighted by Crippen LogP contribution is 2.23. The highest BCUT2D eigenvalue weighted by molar-refractivity contribution is 6.29. The Hall–Kier alpha value is -1.33. The van der Waals surface area contributed by atoms with Crippen molar-refractivity contribution in [2.45, 2.75) is 31.8 Å². The van der Waals surface area contributed by atoms with E-state index in [1.165, 1.54) is 0 Å². The van der Waals surface area contributed by atoms with E-state index in [0.717, 1.165) is 44.6 Å². The Labute approximate surface area is 129 Å². The Balaban J connectivity index is 1.82. The lowest BCUT2D eigenvalue weighted by atomic mass is 10.1. The minimum Gasteiger partial charge on any atom is -0.391 e. The van der Waals surface area contributed by atoms with Crippen molar-refractivity contribution in [2.75, 3.05) is 31.1 Å². The van der Waals surface area contributed by atoms with Crippen LogP contribution in [0.5, 0.6) is 0 Å². The molecule has 1 N–H and O–H groups in total. The maximum atomic E-state index is 12.6. The third-order valence-corrected chi connectivity index (χ3v) is 4.33. The van der Waals surface area contributed by atoms with Gasteiger partial charge < -0.3 is 14.9 Å². The fraction of sp³-hybridized carbons (Fsp3) is 0.600. The maximum Gasteiger partial charge on any atom is 0.254 e. The van der Waals surface area contributed by atoms with Crippen molar-refractivity contribution in [3.63, 3.8) is 0 Å². The van der Waals surface area contributed by atoms with Crippen LogP contribution in [-0.2, 0) is 0 Å². The van der Waals surface area contributed by atoms with Gasteiger partial charge in [0.05, 0.1) is 6.10 Å². The van der Waals surface area contributed by atoms with Crippen LogP contribution in [-0.4, -0.2) is 53.2 Å². The van der Waals surface area contributed by atoms with E-state index in [4.69, 9.17) is 11.6 Å². The van der Waals surface area contributed by atoms with Crippen LogP contribution in [0.1, 0.15) is 36.0 Å². The number of hydrogen-bond acceptors (Lipinski definition) is 4. The number of aliphatic hydroxyl groups excluding tert-OH is 1. The number of rotatable bonds is 2. The standard InChI is InChI=1S/C15H20ClN3O2/c16-13-8-11(9-14(17-13)18-5-1-2-6-18)15(21)19-7-3-4-12(20)10-19/h8-9,12,20H,1-7,10H2. The molecule has 2 saturated heterocycles. The van der Waals surface area contributed by atoms with Crippen LogP contribution >= 0.6 is 11.6 Å². The summed E-state index contributed by atoms with van der Waals surface area (Å²) in [5.74, 6) is 0.708. The SMILES string of the molecule is O=C(c1cc(Cl)nc(N2CCCC2)c1)N1CCCC(O)C1. The van der Waals surface area contributed by atoms with E-state index in [0.29, 0.717) is 23.8 Å². The number of halogens is 1. The molecule has 0 aromatic carbocycles. The van der Waals surface area contributed by atoms with Gasteiger partial charge in [-0.05, 0) is 37.8 Å². The molecule has 2 fully saturated rings. The molecule has 0 aliphatic carbocycles. The molecule has 0 radical (unpaired) electrons. The normalized spacial score (nSPS) is 22.7. The highest BCUT2D eigenvalue weighted by atomic mass is 35.5. The second-order valence-corrected chi connectivity index (χ2v) is 6.17. The van der Waals surface area contributed by atoms with Gasteiger partial charge in [-0.25, -0.2) is 4.98 Å². The topological polar surface area (TPSA) is 56.7 Å². The second-order valence-electron chi connectivity index (χ2n) is 5.78. The number of carbonyl (C=O) groups excluding carboxylic acids is 1. The Morgan fingerprint density at radius 3 is 2.71 bits per heavy atom. The Morgan fingerprint density at radius 2 is 2.00 bits per heavy atom. The lowest BCUT2D eigenvalue weighted by Gasteiger charge is -2.30. The smallest absolute Gasteiger partial charge is 0.254 e. The second kappa shape index (κ2) is 6.20. The van der Waals surface area contributed by atoms with Gasteiger partial charge >= 0.3 is 0 Å². The summed E-state index contributed by atoms with van der Waals surface area (Å²) >= 11 is 6.08. The zero-order valence-corrected chi connectivity index (χ0v) is 12.7. The molecule has 3 rings (SSSR count). The van der Waals surface area contributed by atoms with Gasteiger partial charge in [-0.3, -0.25) is 4.79 Å². The van der Waals surface area contributed by atoms with Crippen molar-refractivity contribution < 1.29 is 9.90 Å². The molecule has 2 aliphatic heterocycles. The molecule has 114 valence electrons. The Bertz CT molecular complexity index is 532. The van der Waals surface area contributed by atoms with Crippen LogP contribution in [0.25, 0.3) is 0 Å². The predicted octanol–water partition coefficient (Wildman–Crippen LogP) is 1.93. The summed E-state index contributed by atoms with van der Waals surface area (Å²) < 4.78 is 0. The maximum absolute atomic E-state index is 12.6. The van der Waals surface area contributed by atoms with Gasteiger partial charge in [-0.15, -0.1) is 0 Å². The zero-order valence-electron chi connectivity index (χ0n) is 12.0. The quantitative estimate of drug-likeness (QED) is 0.848. The zero-order chi connectivity index (χ0) is 14.8. The van der Waals surface area contributed by atoms with Gasteiger partial charge in [0.1, 0.15) is 11.0 Å². The van der Waals surface area contributed by atoms with Gasteiger partial charge in [0, 0.05) is 31.7 Å². The molecule has 1 unspecified atom stereocenters. The molecular weight excluding hydrogens is 290 g/mol. The molecule has 1 amide bonds.